The van der Waals surface area contributed by atoms with Gasteiger partial charge in [-0.15, -0.1) is 0 Å². The summed E-state index contributed by atoms with van der Waals surface area (Å²) >= 11 is 0. The first kappa shape index (κ1) is 17.8. The molecule has 0 spiro atoms. The minimum atomic E-state index is -0.493. The van der Waals surface area contributed by atoms with Crippen LogP contribution in [0.1, 0.15) is 85.5 Å². The number of ketones is 1. The molecule has 2 nitrogen and oxygen atoms in total. The van der Waals surface area contributed by atoms with Crippen molar-refractivity contribution in [2.45, 2.75) is 91.1 Å². The van der Waals surface area contributed by atoms with E-state index in [9.17, 15) is 9.90 Å². The van der Waals surface area contributed by atoms with Crippen LogP contribution in [0, 0.1) is 34.5 Å². The summed E-state index contributed by atoms with van der Waals surface area (Å²) in [6.45, 7) is 8.76. The molecule has 140 valence electrons. The number of rotatable bonds is 1. The third-order valence-electron chi connectivity index (χ3n) is 9.23. The number of aliphatic hydroxyl groups is 1. The zero-order valence-electron chi connectivity index (χ0n) is 16.6. The monoisotopic (exact) mass is 344 g/mol. The number of carbonyl (C=O) groups excluding carboxylic acids is 1. The van der Waals surface area contributed by atoms with E-state index in [0.717, 1.165) is 49.9 Å². The van der Waals surface area contributed by atoms with Crippen LogP contribution in [0.25, 0.3) is 0 Å². The summed E-state index contributed by atoms with van der Waals surface area (Å²) in [6.07, 6.45) is 12.7. The molecule has 3 fully saturated rings. The largest absolute Gasteiger partial charge is 0.390 e. The number of Topliss-reactive ketones (excluding diaryl/α,β-unsaturated/α-hetero) is 1. The van der Waals surface area contributed by atoms with Crippen LogP contribution in [0.15, 0.2) is 11.6 Å². The maximum atomic E-state index is 12.2. The summed E-state index contributed by atoms with van der Waals surface area (Å²) in [4.78, 5) is 12.2. The van der Waals surface area contributed by atoms with Gasteiger partial charge in [0.15, 0.2) is 0 Å². The molecule has 0 saturated heterocycles. The predicted molar refractivity (Wildman–Crippen MR) is 101 cm³/mol. The molecule has 4 rings (SSSR count). The van der Waals surface area contributed by atoms with E-state index in [1.54, 1.807) is 5.57 Å². The fourth-order valence-electron chi connectivity index (χ4n) is 7.62. The second-order valence-electron chi connectivity index (χ2n) is 10.5. The average Bonchev–Trinajstić information content (AvgIpc) is 2.84. The van der Waals surface area contributed by atoms with E-state index in [4.69, 9.17) is 0 Å². The molecule has 0 radical (unpaired) electrons. The number of fused-ring (bicyclic) bond motifs is 5. The van der Waals surface area contributed by atoms with E-state index < -0.39 is 5.60 Å². The van der Waals surface area contributed by atoms with Gasteiger partial charge in [0.2, 0.25) is 0 Å². The Balaban J connectivity index is 1.65. The van der Waals surface area contributed by atoms with Crippen LogP contribution in [0.3, 0.4) is 0 Å². The Kier molecular flexibility index (Phi) is 4.04. The summed E-state index contributed by atoms with van der Waals surface area (Å²) in [7, 11) is 0. The standard InChI is InChI=1S/C23H36O2/c1-15(24)18-7-8-19-17-6-5-16-9-11-21(2,25)13-14-22(16,3)20(17)10-12-23(18,19)4/h5,17-20,25H,6-14H2,1-4H3/t17-,18+,19-,20-,21+,22-,23+/m0/s1. The lowest BCUT2D eigenvalue weighted by Crippen LogP contribution is -2.49. The van der Waals surface area contributed by atoms with Gasteiger partial charge in [0.05, 0.1) is 5.60 Å². The Morgan fingerprint density at radius 1 is 1.04 bits per heavy atom. The Hall–Kier alpha value is -0.630. The van der Waals surface area contributed by atoms with Crippen molar-refractivity contribution in [1.82, 2.24) is 0 Å². The Morgan fingerprint density at radius 2 is 1.80 bits per heavy atom. The molecular weight excluding hydrogens is 308 g/mol. The van der Waals surface area contributed by atoms with Gasteiger partial charge in [-0.1, -0.05) is 25.5 Å². The quantitative estimate of drug-likeness (QED) is 0.656. The van der Waals surface area contributed by atoms with Crippen molar-refractivity contribution in [3.8, 4) is 0 Å². The lowest BCUT2D eigenvalue weighted by molar-refractivity contribution is -0.127. The summed E-state index contributed by atoms with van der Waals surface area (Å²) in [6, 6.07) is 0. The zero-order valence-corrected chi connectivity index (χ0v) is 16.6. The highest BCUT2D eigenvalue weighted by Crippen LogP contribution is 2.66. The molecule has 0 aromatic carbocycles. The second-order valence-corrected chi connectivity index (χ2v) is 10.5. The number of hydrogen-bond donors (Lipinski definition) is 1. The van der Waals surface area contributed by atoms with Gasteiger partial charge in [0.1, 0.15) is 5.78 Å². The summed E-state index contributed by atoms with van der Waals surface area (Å²) < 4.78 is 0. The molecule has 2 heteroatoms. The molecule has 7 atom stereocenters. The lowest BCUT2D eigenvalue weighted by atomic mass is 9.48. The second kappa shape index (κ2) is 5.68. The number of carbonyl (C=O) groups is 1. The molecule has 0 unspecified atom stereocenters. The molecule has 0 bridgehead atoms. The maximum absolute atomic E-state index is 12.2. The van der Waals surface area contributed by atoms with Gasteiger partial charge < -0.3 is 5.11 Å². The molecule has 0 aromatic rings. The summed E-state index contributed by atoms with van der Waals surface area (Å²) in [5, 5.41) is 10.6. The minimum absolute atomic E-state index is 0.241. The topological polar surface area (TPSA) is 37.3 Å². The fourth-order valence-corrected chi connectivity index (χ4v) is 7.62. The van der Waals surface area contributed by atoms with E-state index in [2.05, 4.69) is 19.9 Å². The Bertz CT molecular complexity index is 603. The first-order chi connectivity index (χ1) is 11.7. The molecule has 0 heterocycles. The van der Waals surface area contributed by atoms with Gasteiger partial charge in [-0.05, 0) is 100 Å². The first-order valence-electron chi connectivity index (χ1n) is 10.6. The number of allylic oxidation sites excluding steroid dienone is 2. The van der Waals surface area contributed by atoms with Gasteiger partial charge in [-0.3, -0.25) is 4.79 Å². The van der Waals surface area contributed by atoms with E-state index >= 15 is 0 Å². The molecule has 0 aromatic heterocycles. The maximum Gasteiger partial charge on any atom is 0.133 e. The van der Waals surface area contributed by atoms with Crippen molar-refractivity contribution in [3.05, 3.63) is 11.6 Å². The van der Waals surface area contributed by atoms with Crippen LogP contribution in [-0.4, -0.2) is 16.5 Å². The molecule has 4 aliphatic rings. The SMILES string of the molecule is CC(=O)[C@H]1CC[C@H]2[C@@H]3CC=C4CC[C@@](C)(O)CC[C@]4(C)[C@H]3CC[C@]12C. The summed E-state index contributed by atoms with van der Waals surface area (Å²) in [5.41, 5.74) is 1.66. The molecule has 3 saturated carbocycles. The van der Waals surface area contributed by atoms with Crippen LogP contribution < -0.4 is 0 Å². The van der Waals surface area contributed by atoms with Crippen LogP contribution in [0.4, 0.5) is 0 Å². The van der Waals surface area contributed by atoms with Gasteiger partial charge >= 0.3 is 0 Å². The zero-order chi connectivity index (χ0) is 18.0. The van der Waals surface area contributed by atoms with Crippen LogP contribution in [0.2, 0.25) is 0 Å². The predicted octanol–water partition coefficient (Wildman–Crippen LogP) is 5.30. The highest BCUT2D eigenvalue weighted by Gasteiger charge is 2.59. The number of hydrogen-bond acceptors (Lipinski definition) is 2. The van der Waals surface area contributed by atoms with Crippen LogP contribution in [0.5, 0.6) is 0 Å². The lowest BCUT2D eigenvalue weighted by Gasteiger charge is -2.56. The average molecular weight is 345 g/mol. The van der Waals surface area contributed by atoms with Crippen LogP contribution >= 0.6 is 0 Å². The molecule has 1 N–H and O–H groups in total. The van der Waals surface area contributed by atoms with E-state index in [-0.39, 0.29) is 10.8 Å². The van der Waals surface area contributed by atoms with Crippen molar-refractivity contribution in [1.29, 1.82) is 0 Å². The van der Waals surface area contributed by atoms with Crippen molar-refractivity contribution >= 4 is 5.78 Å². The smallest absolute Gasteiger partial charge is 0.133 e. The van der Waals surface area contributed by atoms with Gasteiger partial charge in [0.25, 0.3) is 0 Å². The van der Waals surface area contributed by atoms with E-state index in [1.807, 2.05) is 13.8 Å². The highest BCUT2D eigenvalue weighted by atomic mass is 16.3. The van der Waals surface area contributed by atoms with Crippen molar-refractivity contribution in [2.75, 3.05) is 0 Å². The molecule has 4 aliphatic carbocycles. The fraction of sp³-hybridized carbons (Fsp3) is 0.870. The summed E-state index contributed by atoms with van der Waals surface area (Å²) in [5.74, 6) is 2.95. The minimum Gasteiger partial charge on any atom is -0.390 e. The molecule has 0 aliphatic heterocycles. The Morgan fingerprint density at radius 3 is 2.52 bits per heavy atom. The molecule has 0 amide bonds. The van der Waals surface area contributed by atoms with E-state index in [0.29, 0.717) is 11.7 Å². The van der Waals surface area contributed by atoms with Gasteiger partial charge in [0, 0.05) is 5.92 Å². The third-order valence-corrected chi connectivity index (χ3v) is 9.23. The Labute approximate surface area is 153 Å². The molecular formula is C23H36O2. The van der Waals surface area contributed by atoms with Crippen molar-refractivity contribution in [3.63, 3.8) is 0 Å². The van der Waals surface area contributed by atoms with E-state index in [1.165, 1.54) is 25.7 Å². The first-order valence-corrected chi connectivity index (χ1v) is 10.6. The highest BCUT2D eigenvalue weighted by molar-refractivity contribution is 5.79. The van der Waals surface area contributed by atoms with Crippen molar-refractivity contribution in [2.24, 2.45) is 34.5 Å². The normalized spacial score (nSPS) is 52.4. The molecule has 25 heavy (non-hydrogen) atoms. The van der Waals surface area contributed by atoms with Gasteiger partial charge in [-0.25, -0.2) is 0 Å². The van der Waals surface area contributed by atoms with Crippen molar-refractivity contribution < 1.29 is 9.90 Å². The third kappa shape index (κ3) is 2.58. The van der Waals surface area contributed by atoms with Gasteiger partial charge in [-0.2, -0.15) is 0 Å². The van der Waals surface area contributed by atoms with Crippen LogP contribution in [-0.2, 0) is 4.79 Å².